The van der Waals surface area contributed by atoms with Crippen LogP contribution in [0.15, 0.2) is 55.0 Å². The highest BCUT2D eigenvalue weighted by Crippen LogP contribution is 2.23. The van der Waals surface area contributed by atoms with Crippen molar-refractivity contribution in [3.8, 4) is 0 Å². The second kappa shape index (κ2) is 10.2. The average Bonchev–Trinajstić information content (AvgIpc) is 3.19. The predicted octanol–water partition coefficient (Wildman–Crippen LogP) is 2.16. The summed E-state index contributed by atoms with van der Waals surface area (Å²) in [6.45, 7) is 1.83. The van der Waals surface area contributed by atoms with E-state index in [9.17, 15) is 9.59 Å². The first-order valence-corrected chi connectivity index (χ1v) is 11.0. The lowest BCUT2D eigenvalue weighted by molar-refractivity contribution is -0.131. The number of aryl methyl sites for hydroxylation is 1. The summed E-state index contributed by atoms with van der Waals surface area (Å²) in [5.41, 5.74) is 3.03. The van der Waals surface area contributed by atoms with Gasteiger partial charge in [0.1, 0.15) is 0 Å². The van der Waals surface area contributed by atoms with Crippen LogP contribution in [-0.4, -0.2) is 49.6 Å². The van der Waals surface area contributed by atoms with E-state index in [0.29, 0.717) is 24.4 Å². The first kappa shape index (κ1) is 21.7. The fourth-order valence-electron chi connectivity index (χ4n) is 4.07. The van der Waals surface area contributed by atoms with E-state index in [1.165, 1.54) is 0 Å². The third-order valence-electron chi connectivity index (χ3n) is 5.81. The smallest absolute Gasteiger partial charge is 0.255 e. The van der Waals surface area contributed by atoms with Gasteiger partial charge in [-0.05, 0) is 49.4 Å². The van der Waals surface area contributed by atoms with Crippen molar-refractivity contribution in [2.24, 2.45) is 13.0 Å². The molecule has 4 rings (SSSR count). The van der Waals surface area contributed by atoms with Crippen LogP contribution in [0.1, 0.15) is 40.3 Å². The second-order valence-electron chi connectivity index (χ2n) is 8.19. The van der Waals surface area contributed by atoms with Crippen molar-refractivity contribution in [3.63, 3.8) is 0 Å². The fourth-order valence-corrected chi connectivity index (χ4v) is 4.07. The van der Waals surface area contributed by atoms with Crippen molar-refractivity contribution < 1.29 is 9.59 Å². The SMILES string of the molecule is Cn1cc(C(=O)NCc2ccccn2)c(CC2CCN(C(=O)Cc3ccccn3)CC2)n1. The molecule has 4 heterocycles. The van der Waals surface area contributed by atoms with E-state index in [1.54, 1.807) is 23.3 Å². The van der Waals surface area contributed by atoms with E-state index >= 15 is 0 Å². The molecule has 8 nitrogen and oxygen atoms in total. The van der Waals surface area contributed by atoms with Gasteiger partial charge in [0.05, 0.1) is 29.9 Å². The highest BCUT2D eigenvalue weighted by atomic mass is 16.2. The average molecular weight is 433 g/mol. The second-order valence-corrected chi connectivity index (χ2v) is 8.19. The Kier molecular flexibility index (Phi) is 6.89. The first-order chi connectivity index (χ1) is 15.6. The maximum absolute atomic E-state index is 12.8. The number of amides is 2. The summed E-state index contributed by atoms with van der Waals surface area (Å²) in [7, 11) is 1.83. The van der Waals surface area contributed by atoms with Gasteiger partial charge in [0.15, 0.2) is 0 Å². The molecule has 1 fully saturated rings. The van der Waals surface area contributed by atoms with Crippen LogP contribution < -0.4 is 5.32 Å². The Morgan fingerprint density at radius 2 is 1.72 bits per heavy atom. The van der Waals surface area contributed by atoms with Gasteiger partial charge in [0.2, 0.25) is 5.91 Å². The van der Waals surface area contributed by atoms with E-state index in [-0.39, 0.29) is 11.8 Å². The van der Waals surface area contributed by atoms with E-state index in [2.05, 4.69) is 20.4 Å². The molecule has 8 heteroatoms. The van der Waals surface area contributed by atoms with Crippen LogP contribution in [-0.2, 0) is 31.2 Å². The Morgan fingerprint density at radius 3 is 2.38 bits per heavy atom. The van der Waals surface area contributed by atoms with Crippen molar-refractivity contribution >= 4 is 11.8 Å². The number of carbonyl (C=O) groups is 2. The summed E-state index contributed by atoms with van der Waals surface area (Å²) >= 11 is 0. The van der Waals surface area contributed by atoms with Crippen LogP contribution in [0, 0.1) is 5.92 Å². The number of piperidine rings is 1. The minimum atomic E-state index is -0.137. The molecule has 0 bridgehead atoms. The summed E-state index contributed by atoms with van der Waals surface area (Å²) in [4.78, 5) is 35.7. The summed E-state index contributed by atoms with van der Waals surface area (Å²) in [6.07, 6.45) is 8.08. The standard InChI is InChI=1S/C24H28N6O2/c1-29-17-21(24(32)27-16-20-7-3-5-11-26-20)22(28-29)14-18-8-12-30(13-9-18)23(31)15-19-6-2-4-10-25-19/h2-7,10-11,17-18H,8-9,12-16H2,1H3,(H,27,32). The normalized spacial score (nSPS) is 14.3. The maximum atomic E-state index is 12.8. The molecule has 32 heavy (non-hydrogen) atoms. The summed E-state index contributed by atoms with van der Waals surface area (Å²) in [6, 6.07) is 11.3. The van der Waals surface area contributed by atoms with E-state index in [1.807, 2.05) is 48.3 Å². The molecule has 0 unspecified atom stereocenters. The molecule has 2 amide bonds. The van der Waals surface area contributed by atoms with Crippen LogP contribution in [0.5, 0.6) is 0 Å². The highest BCUT2D eigenvalue weighted by Gasteiger charge is 2.26. The minimum Gasteiger partial charge on any atom is -0.346 e. The molecule has 0 spiro atoms. The molecule has 3 aromatic heterocycles. The van der Waals surface area contributed by atoms with Gasteiger partial charge in [-0.25, -0.2) is 0 Å². The number of nitrogens with zero attached hydrogens (tertiary/aromatic N) is 5. The zero-order valence-electron chi connectivity index (χ0n) is 18.3. The van der Waals surface area contributed by atoms with E-state index < -0.39 is 0 Å². The van der Waals surface area contributed by atoms with Crippen molar-refractivity contribution in [2.45, 2.75) is 32.2 Å². The molecule has 1 N–H and O–H groups in total. The molecule has 0 radical (unpaired) electrons. The lowest BCUT2D eigenvalue weighted by Crippen LogP contribution is -2.40. The van der Waals surface area contributed by atoms with Gasteiger partial charge in [-0.15, -0.1) is 0 Å². The van der Waals surface area contributed by atoms with Crippen molar-refractivity contribution in [1.82, 2.24) is 30.0 Å². The van der Waals surface area contributed by atoms with Gasteiger partial charge in [-0.1, -0.05) is 12.1 Å². The van der Waals surface area contributed by atoms with E-state index in [4.69, 9.17) is 0 Å². The number of carbonyl (C=O) groups excluding carboxylic acids is 2. The Balaban J connectivity index is 1.30. The van der Waals surface area contributed by atoms with Crippen molar-refractivity contribution in [1.29, 1.82) is 0 Å². The monoisotopic (exact) mass is 432 g/mol. The number of hydrogen-bond donors (Lipinski definition) is 1. The van der Waals surface area contributed by atoms with E-state index in [0.717, 1.165) is 49.4 Å². The van der Waals surface area contributed by atoms with Crippen molar-refractivity contribution in [3.05, 3.63) is 77.6 Å². The first-order valence-electron chi connectivity index (χ1n) is 11.0. The molecule has 1 saturated heterocycles. The number of hydrogen-bond acceptors (Lipinski definition) is 5. The maximum Gasteiger partial charge on any atom is 0.255 e. The summed E-state index contributed by atoms with van der Waals surface area (Å²) in [5, 5.41) is 7.48. The Hall–Kier alpha value is -3.55. The van der Waals surface area contributed by atoms with Gasteiger partial charge in [-0.3, -0.25) is 24.2 Å². The van der Waals surface area contributed by atoms with Gasteiger partial charge in [0.25, 0.3) is 5.91 Å². The number of nitrogens with one attached hydrogen (secondary N) is 1. The predicted molar refractivity (Wildman–Crippen MR) is 120 cm³/mol. The lowest BCUT2D eigenvalue weighted by atomic mass is 9.91. The lowest BCUT2D eigenvalue weighted by Gasteiger charge is -2.32. The number of likely N-dealkylation sites (tertiary alicyclic amines) is 1. The Bertz CT molecular complexity index is 1040. The number of pyridine rings is 2. The number of rotatable bonds is 7. The molecule has 0 aliphatic carbocycles. The fraction of sp³-hybridized carbons (Fsp3) is 0.375. The molecule has 0 atom stereocenters. The molecule has 0 aromatic carbocycles. The largest absolute Gasteiger partial charge is 0.346 e. The molecule has 3 aromatic rings. The van der Waals surface area contributed by atoms with Crippen LogP contribution in [0.4, 0.5) is 0 Å². The molecular formula is C24H28N6O2. The quantitative estimate of drug-likeness (QED) is 0.618. The zero-order chi connectivity index (χ0) is 22.3. The van der Waals surface area contributed by atoms with Crippen LogP contribution in [0.2, 0.25) is 0 Å². The Morgan fingerprint density at radius 1 is 1.03 bits per heavy atom. The zero-order valence-corrected chi connectivity index (χ0v) is 18.3. The van der Waals surface area contributed by atoms with Crippen molar-refractivity contribution in [2.75, 3.05) is 13.1 Å². The molecule has 1 aliphatic rings. The molecule has 1 aliphatic heterocycles. The molecule has 0 saturated carbocycles. The number of aromatic nitrogens is 4. The van der Waals surface area contributed by atoms with Gasteiger partial charge >= 0.3 is 0 Å². The molecule has 166 valence electrons. The van der Waals surface area contributed by atoms with Gasteiger partial charge in [0, 0.05) is 44.4 Å². The van der Waals surface area contributed by atoms with Gasteiger partial charge < -0.3 is 10.2 Å². The topological polar surface area (TPSA) is 93.0 Å². The third kappa shape index (κ3) is 5.57. The molecular weight excluding hydrogens is 404 g/mol. The summed E-state index contributed by atoms with van der Waals surface area (Å²) in [5.74, 6) is 0.377. The third-order valence-corrected chi connectivity index (χ3v) is 5.81. The highest BCUT2D eigenvalue weighted by molar-refractivity contribution is 5.95. The van der Waals surface area contributed by atoms with Gasteiger partial charge in [-0.2, -0.15) is 5.10 Å². The minimum absolute atomic E-state index is 0.120. The van der Waals surface area contributed by atoms with Crippen LogP contribution >= 0.6 is 0 Å². The van der Waals surface area contributed by atoms with Crippen LogP contribution in [0.25, 0.3) is 0 Å². The summed E-state index contributed by atoms with van der Waals surface area (Å²) < 4.78 is 1.69. The van der Waals surface area contributed by atoms with Crippen LogP contribution in [0.3, 0.4) is 0 Å². The Labute approximate surface area is 187 Å².